The minimum atomic E-state index is -0.292. The summed E-state index contributed by atoms with van der Waals surface area (Å²) in [6.07, 6.45) is 1.65. The van der Waals surface area contributed by atoms with E-state index in [1.54, 1.807) is 6.26 Å². The quantitative estimate of drug-likeness (QED) is 0.920. The van der Waals surface area contributed by atoms with Crippen LogP contribution in [0.3, 0.4) is 0 Å². The molecule has 0 saturated heterocycles. The van der Waals surface area contributed by atoms with E-state index >= 15 is 0 Å². The molecule has 0 bridgehead atoms. The van der Waals surface area contributed by atoms with Crippen molar-refractivity contribution in [1.82, 2.24) is 9.88 Å². The minimum absolute atomic E-state index is 0.0887. The first-order valence-electron chi connectivity index (χ1n) is 6.45. The highest BCUT2D eigenvalue weighted by atomic mass is 35.5. The molecule has 4 nitrogen and oxygen atoms in total. The second kappa shape index (κ2) is 5.95. The Balaban J connectivity index is 2.11. The molecule has 108 valence electrons. The molecule has 1 aromatic carbocycles. The van der Waals surface area contributed by atoms with Gasteiger partial charge >= 0.3 is 0 Å². The maximum absolute atomic E-state index is 9.35. The summed E-state index contributed by atoms with van der Waals surface area (Å²) in [5, 5.41) is 10.0. The van der Waals surface area contributed by atoms with Crippen molar-refractivity contribution in [2.24, 2.45) is 0 Å². The molecule has 1 N–H and O–H groups in total. The van der Waals surface area contributed by atoms with Crippen LogP contribution in [0.5, 0.6) is 0 Å². The number of nitrogens with zero attached hydrogens (tertiary/aromatic N) is 2. The van der Waals surface area contributed by atoms with E-state index in [1.165, 1.54) is 0 Å². The third kappa shape index (κ3) is 3.39. The van der Waals surface area contributed by atoms with Crippen LogP contribution in [0, 0.1) is 0 Å². The van der Waals surface area contributed by atoms with E-state index in [4.69, 9.17) is 16.0 Å². The van der Waals surface area contributed by atoms with E-state index in [1.807, 2.05) is 50.1 Å². The second-order valence-corrected chi connectivity index (χ2v) is 5.91. The molecule has 0 atom stereocenters. The lowest BCUT2D eigenvalue weighted by Crippen LogP contribution is -2.43. The summed E-state index contributed by atoms with van der Waals surface area (Å²) in [6, 6.07) is 7.36. The lowest BCUT2D eigenvalue weighted by atomic mass is 10.1. The molecule has 2 aromatic rings. The van der Waals surface area contributed by atoms with E-state index in [0.29, 0.717) is 17.5 Å². The number of hydrogen-bond donors (Lipinski definition) is 1. The van der Waals surface area contributed by atoms with Gasteiger partial charge in [0.05, 0.1) is 12.3 Å². The lowest BCUT2D eigenvalue weighted by molar-refractivity contribution is 0.0724. The molecule has 0 aliphatic rings. The van der Waals surface area contributed by atoms with Gasteiger partial charge in [0, 0.05) is 22.7 Å². The number of halogens is 1. The molecular weight excluding hydrogens is 276 g/mol. The molecular formula is C15H19ClN2O2. The Morgan fingerprint density at radius 1 is 1.30 bits per heavy atom. The largest absolute Gasteiger partial charge is 0.444 e. The summed E-state index contributed by atoms with van der Waals surface area (Å²) >= 11 is 5.86. The molecule has 0 radical (unpaired) electrons. The average Bonchev–Trinajstić information content (AvgIpc) is 2.88. The number of likely N-dealkylation sites (N-methyl/N-ethyl adjacent to an activating group) is 1. The van der Waals surface area contributed by atoms with Gasteiger partial charge in [-0.1, -0.05) is 11.6 Å². The first-order valence-corrected chi connectivity index (χ1v) is 6.82. The highest BCUT2D eigenvalue weighted by Crippen LogP contribution is 2.22. The van der Waals surface area contributed by atoms with E-state index < -0.39 is 0 Å². The fraction of sp³-hybridized carbons (Fsp3) is 0.400. The van der Waals surface area contributed by atoms with Crippen molar-refractivity contribution in [2.45, 2.75) is 25.9 Å². The standard InChI is InChI=1S/C15H19ClN2O2/c1-15(2,10-19)18(3)8-13-9-20-14(17-13)11-4-6-12(16)7-5-11/h4-7,9,19H,8,10H2,1-3H3. The second-order valence-electron chi connectivity index (χ2n) is 5.48. The fourth-order valence-corrected chi connectivity index (χ4v) is 1.81. The first-order chi connectivity index (χ1) is 9.42. The van der Waals surface area contributed by atoms with E-state index in [0.717, 1.165) is 11.3 Å². The number of benzene rings is 1. The molecule has 0 unspecified atom stereocenters. The predicted octanol–water partition coefficient (Wildman–Crippen LogP) is 3.20. The molecule has 0 aliphatic carbocycles. The third-order valence-corrected chi connectivity index (χ3v) is 3.71. The van der Waals surface area contributed by atoms with Crippen LogP contribution in [0.1, 0.15) is 19.5 Å². The van der Waals surface area contributed by atoms with Gasteiger partial charge in [-0.25, -0.2) is 4.98 Å². The highest BCUT2D eigenvalue weighted by molar-refractivity contribution is 6.30. The van der Waals surface area contributed by atoms with Gasteiger partial charge in [0.25, 0.3) is 0 Å². The van der Waals surface area contributed by atoms with Gasteiger partial charge in [-0.3, -0.25) is 4.90 Å². The molecule has 2 rings (SSSR count). The van der Waals surface area contributed by atoms with Crippen LogP contribution in [0.2, 0.25) is 5.02 Å². The Morgan fingerprint density at radius 2 is 1.95 bits per heavy atom. The Bertz CT molecular complexity index is 564. The zero-order valence-electron chi connectivity index (χ0n) is 11.9. The maximum Gasteiger partial charge on any atom is 0.226 e. The number of rotatable bonds is 5. The maximum atomic E-state index is 9.35. The van der Waals surface area contributed by atoms with E-state index in [9.17, 15) is 5.11 Å². The summed E-state index contributed by atoms with van der Waals surface area (Å²) in [4.78, 5) is 6.50. The van der Waals surface area contributed by atoms with Crippen molar-refractivity contribution in [3.63, 3.8) is 0 Å². The highest BCUT2D eigenvalue weighted by Gasteiger charge is 2.23. The summed E-state index contributed by atoms with van der Waals surface area (Å²) < 4.78 is 5.49. The summed E-state index contributed by atoms with van der Waals surface area (Å²) in [5.41, 5.74) is 1.43. The van der Waals surface area contributed by atoms with Crippen LogP contribution in [0.15, 0.2) is 34.9 Å². The van der Waals surface area contributed by atoms with E-state index in [2.05, 4.69) is 4.98 Å². The molecule has 1 heterocycles. The molecule has 0 aliphatic heterocycles. The zero-order valence-corrected chi connectivity index (χ0v) is 12.7. The van der Waals surface area contributed by atoms with Gasteiger partial charge in [-0.05, 0) is 45.2 Å². The van der Waals surface area contributed by atoms with Crippen molar-refractivity contribution in [3.05, 3.63) is 41.2 Å². The smallest absolute Gasteiger partial charge is 0.226 e. The molecule has 0 fully saturated rings. The number of hydrogen-bond acceptors (Lipinski definition) is 4. The van der Waals surface area contributed by atoms with Gasteiger partial charge in [0.2, 0.25) is 5.89 Å². The Kier molecular flexibility index (Phi) is 4.48. The Labute approximate surface area is 124 Å². The van der Waals surface area contributed by atoms with Gasteiger partial charge in [-0.15, -0.1) is 0 Å². The van der Waals surface area contributed by atoms with Gasteiger partial charge < -0.3 is 9.52 Å². The van der Waals surface area contributed by atoms with Crippen molar-refractivity contribution in [2.75, 3.05) is 13.7 Å². The van der Waals surface area contributed by atoms with Crippen LogP contribution in [0.25, 0.3) is 11.5 Å². The average molecular weight is 295 g/mol. The number of aliphatic hydroxyl groups excluding tert-OH is 1. The minimum Gasteiger partial charge on any atom is -0.444 e. The summed E-state index contributed by atoms with van der Waals surface area (Å²) in [7, 11) is 1.95. The van der Waals surface area contributed by atoms with Gasteiger partial charge in [0.1, 0.15) is 6.26 Å². The molecule has 0 saturated carbocycles. The third-order valence-electron chi connectivity index (χ3n) is 3.46. The Hall–Kier alpha value is -1.36. The lowest BCUT2D eigenvalue weighted by Gasteiger charge is -2.33. The van der Waals surface area contributed by atoms with Crippen LogP contribution >= 0.6 is 11.6 Å². The first kappa shape index (κ1) is 15.0. The number of aliphatic hydroxyl groups is 1. The van der Waals surface area contributed by atoms with Crippen LogP contribution < -0.4 is 0 Å². The van der Waals surface area contributed by atoms with Crippen molar-refractivity contribution < 1.29 is 9.52 Å². The molecule has 0 spiro atoms. The molecule has 0 amide bonds. The Morgan fingerprint density at radius 3 is 2.55 bits per heavy atom. The topological polar surface area (TPSA) is 49.5 Å². The molecule has 1 aromatic heterocycles. The van der Waals surface area contributed by atoms with Crippen LogP contribution in [-0.4, -0.2) is 34.2 Å². The SMILES string of the molecule is CN(Cc1coc(-c2ccc(Cl)cc2)n1)C(C)(C)CO. The van der Waals surface area contributed by atoms with Crippen LogP contribution in [0.4, 0.5) is 0 Å². The van der Waals surface area contributed by atoms with Crippen molar-refractivity contribution in [3.8, 4) is 11.5 Å². The molecule has 5 heteroatoms. The fourth-order valence-electron chi connectivity index (χ4n) is 1.68. The van der Waals surface area contributed by atoms with Crippen molar-refractivity contribution >= 4 is 11.6 Å². The number of aromatic nitrogens is 1. The summed E-state index contributed by atoms with van der Waals surface area (Å²) in [6.45, 7) is 4.66. The monoisotopic (exact) mass is 294 g/mol. The molecule has 20 heavy (non-hydrogen) atoms. The number of oxazole rings is 1. The normalized spacial score (nSPS) is 12.1. The van der Waals surface area contributed by atoms with E-state index in [-0.39, 0.29) is 12.1 Å². The predicted molar refractivity (Wildman–Crippen MR) is 79.6 cm³/mol. The zero-order chi connectivity index (χ0) is 14.8. The summed E-state index contributed by atoms with van der Waals surface area (Å²) in [5.74, 6) is 0.576. The van der Waals surface area contributed by atoms with Gasteiger partial charge in [-0.2, -0.15) is 0 Å². The van der Waals surface area contributed by atoms with Crippen LogP contribution in [-0.2, 0) is 6.54 Å². The van der Waals surface area contributed by atoms with Gasteiger partial charge in [0.15, 0.2) is 0 Å². The van der Waals surface area contributed by atoms with Crippen molar-refractivity contribution in [1.29, 1.82) is 0 Å².